The summed E-state index contributed by atoms with van der Waals surface area (Å²) in [5.74, 6) is 0.606. The summed E-state index contributed by atoms with van der Waals surface area (Å²) in [6.45, 7) is 1.42. The maximum atomic E-state index is 11.4. The van der Waals surface area contributed by atoms with E-state index in [1.165, 1.54) is 19.6 Å². The van der Waals surface area contributed by atoms with Crippen molar-refractivity contribution in [3.05, 3.63) is 54.1 Å². The van der Waals surface area contributed by atoms with E-state index in [4.69, 9.17) is 12.2 Å². The highest BCUT2D eigenvalue weighted by Crippen LogP contribution is 2.30. The highest BCUT2D eigenvalue weighted by atomic mass is 32.2. The molecule has 0 aliphatic heterocycles. The molecule has 2 aromatic carbocycles. The summed E-state index contributed by atoms with van der Waals surface area (Å²) in [7, 11) is 1.25. The second-order valence-corrected chi connectivity index (χ2v) is 6.69. The Morgan fingerprint density at radius 3 is 2.46 bits per heavy atom. The Labute approximate surface area is 161 Å². The Kier molecular flexibility index (Phi) is 7.43. The number of methoxy groups -OCH3 is 1. The number of benzene rings is 2. The van der Waals surface area contributed by atoms with Crippen molar-refractivity contribution in [2.45, 2.75) is 17.6 Å². The minimum absolute atomic E-state index is 0.0775. The Hall–Kier alpha value is -2.58. The maximum Gasteiger partial charge on any atom is 0.413 e. The third-order valence-corrected chi connectivity index (χ3v) is 4.47. The lowest BCUT2D eigenvalue weighted by Gasteiger charge is -2.15. The van der Waals surface area contributed by atoms with Crippen LogP contribution in [0, 0.1) is 0 Å². The standard InChI is InChI=1S/C18H19N3O3S2/c1-12(22)19-15-9-8-14(26-11-13-6-4-3-5-7-13)10-16(15)20-17(25)21-18(23)24-2/h3-10H,11H2,1-2H3,(H,19,22)(H2,20,21,23,25). The molecule has 0 saturated heterocycles. The SMILES string of the molecule is COC(=O)NC(=S)Nc1cc(SCc2ccccc2)ccc1NC(C)=O. The fraction of sp³-hybridized carbons (Fsp3) is 0.167. The van der Waals surface area contributed by atoms with E-state index >= 15 is 0 Å². The van der Waals surface area contributed by atoms with Gasteiger partial charge in [-0.05, 0) is 36.0 Å². The van der Waals surface area contributed by atoms with Crippen LogP contribution in [0.25, 0.3) is 0 Å². The number of thioether (sulfide) groups is 1. The van der Waals surface area contributed by atoms with Crippen LogP contribution in [0.3, 0.4) is 0 Å². The van der Waals surface area contributed by atoms with Gasteiger partial charge >= 0.3 is 6.09 Å². The molecule has 26 heavy (non-hydrogen) atoms. The van der Waals surface area contributed by atoms with Crippen LogP contribution in [0.1, 0.15) is 12.5 Å². The van der Waals surface area contributed by atoms with Crippen molar-refractivity contribution in [1.29, 1.82) is 0 Å². The molecular formula is C18H19N3O3S2. The number of alkyl carbamates (subject to hydrolysis) is 1. The predicted octanol–water partition coefficient (Wildman–Crippen LogP) is 3.99. The number of ether oxygens (including phenoxy) is 1. The second kappa shape index (κ2) is 9.79. The molecule has 2 rings (SSSR count). The Balaban J connectivity index is 2.14. The molecule has 0 saturated carbocycles. The van der Waals surface area contributed by atoms with Crippen molar-refractivity contribution >= 4 is 52.5 Å². The minimum Gasteiger partial charge on any atom is -0.453 e. The van der Waals surface area contributed by atoms with Gasteiger partial charge in [0.25, 0.3) is 0 Å². The average molecular weight is 390 g/mol. The smallest absolute Gasteiger partial charge is 0.413 e. The van der Waals surface area contributed by atoms with Crippen LogP contribution in [0.15, 0.2) is 53.4 Å². The van der Waals surface area contributed by atoms with Crippen LogP contribution < -0.4 is 16.0 Å². The van der Waals surface area contributed by atoms with Crippen molar-refractivity contribution in [2.24, 2.45) is 0 Å². The molecule has 0 bridgehead atoms. The molecule has 0 radical (unpaired) electrons. The van der Waals surface area contributed by atoms with Crippen LogP contribution in [-0.4, -0.2) is 24.2 Å². The summed E-state index contributed by atoms with van der Waals surface area (Å²) >= 11 is 6.75. The van der Waals surface area contributed by atoms with Crippen molar-refractivity contribution in [3.63, 3.8) is 0 Å². The lowest BCUT2D eigenvalue weighted by molar-refractivity contribution is -0.114. The largest absolute Gasteiger partial charge is 0.453 e. The van der Waals surface area contributed by atoms with Gasteiger partial charge in [-0.1, -0.05) is 30.3 Å². The van der Waals surface area contributed by atoms with Crippen LogP contribution in [-0.2, 0) is 15.3 Å². The van der Waals surface area contributed by atoms with E-state index in [1.807, 2.05) is 30.3 Å². The van der Waals surface area contributed by atoms with Crippen LogP contribution >= 0.6 is 24.0 Å². The van der Waals surface area contributed by atoms with Crippen LogP contribution in [0.2, 0.25) is 0 Å². The fourth-order valence-electron chi connectivity index (χ4n) is 2.05. The third-order valence-electron chi connectivity index (χ3n) is 3.20. The van der Waals surface area contributed by atoms with Crippen molar-refractivity contribution in [3.8, 4) is 0 Å². The van der Waals surface area contributed by atoms with Gasteiger partial charge in [-0.25, -0.2) is 4.79 Å². The molecule has 0 unspecified atom stereocenters. The molecule has 0 aliphatic rings. The number of amides is 2. The summed E-state index contributed by atoms with van der Waals surface area (Å²) in [4.78, 5) is 23.7. The number of carbonyl (C=O) groups excluding carboxylic acids is 2. The molecule has 0 fully saturated rings. The molecule has 8 heteroatoms. The normalized spacial score (nSPS) is 9.92. The number of anilines is 2. The Morgan fingerprint density at radius 1 is 1.08 bits per heavy atom. The molecule has 0 atom stereocenters. The lowest BCUT2D eigenvalue weighted by Crippen LogP contribution is -2.34. The highest BCUT2D eigenvalue weighted by molar-refractivity contribution is 7.98. The van der Waals surface area contributed by atoms with Crippen LogP contribution in [0.4, 0.5) is 16.2 Å². The zero-order valence-electron chi connectivity index (χ0n) is 14.4. The Morgan fingerprint density at radius 2 is 1.81 bits per heavy atom. The second-order valence-electron chi connectivity index (χ2n) is 5.23. The van der Waals surface area contributed by atoms with E-state index < -0.39 is 6.09 Å². The zero-order chi connectivity index (χ0) is 18.9. The molecule has 6 nitrogen and oxygen atoms in total. The molecule has 3 N–H and O–H groups in total. The van der Waals surface area contributed by atoms with Gasteiger partial charge in [0.15, 0.2) is 5.11 Å². The molecule has 0 heterocycles. The minimum atomic E-state index is -0.668. The first-order valence-corrected chi connectivity index (χ1v) is 9.11. The first-order valence-electron chi connectivity index (χ1n) is 7.72. The lowest BCUT2D eigenvalue weighted by atomic mass is 10.2. The summed E-state index contributed by atoms with van der Waals surface area (Å²) in [5, 5.41) is 8.10. The monoisotopic (exact) mass is 389 g/mol. The van der Waals surface area contributed by atoms with Gasteiger partial charge in [-0.15, -0.1) is 11.8 Å². The first kappa shape index (κ1) is 19.7. The van der Waals surface area contributed by atoms with Gasteiger partial charge in [0.05, 0.1) is 18.5 Å². The van der Waals surface area contributed by atoms with Gasteiger partial charge in [0.1, 0.15) is 0 Å². The topological polar surface area (TPSA) is 79.5 Å². The Bertz CT molecular complexity index is 798. The van der Waals surface area contributed by atoms with E-state index in [-0.39, 0.29) is 11.0 Å². The quantitative estimate of drug-likeness (QED) is 0.530. The molecule has 136 valence electrons. The molecule has 0 aromatic heterocycles. The van der Waals surface area contributed by atoms with E-state index in [9.17, 15) is 9.59 Å². The summed E-state index contributed by atoms with van der Waals surface area (Å²) in [6, 6.07) is 15.7. The van der Waals surface area contributed by atoms with Gasteiger partial charge in [-0.3, -0.25) is 10.1 Å². The number of rotatable bonds is 5. The fourth-order valence-corrected chi connectivity index (χ4v) is 3.14. The third kappa shape index (κ3) is 6.38. The summed E-state index contributed by atoms with van der Waals surface area (Å²) < 4.78 is 4.51. The molecule has 2 amide bonds. The predicted molar refractivity (Wildman–Crippen MR) is 109 cm³/mol. The molecular weight excluding hydrogens is 370 g/mol. The summed E-state index contributed by atoms with van der Waals surface area (Å²) in [6.07, 6.45) is -0.668. The van der Waals surface area contributed by atoms with Crippen molar-refractivity contribution in [1.82, 2.24) is 5.32 Å². The first-order chi connectivity index (χ1) is 12.5. The van der Waals surface area contributed by atoms with E-state index in [0.717, 1.165) is 10.6 Å². The van der Waals surface area contributed by atoms with Crippen molar-refractivity contribution in [2.75, 3.05) is 17.7 Å². The van der Waals surface area contributed by atoms with Crippen molar-refractivity contribution < 1.29 is 14.3 Å². The molecule has 0 spiro atoms. The van der Waals surface area contributed by atoms with Gasteiger partial charge < -0.3 is 15.4 Å². The van der Waals surface area contributed by atoms with E-state index in [2.05, 4.69) is 32.8 Å². The number of thiocarbonyl (C=S) groups is 1. The van der Waals surface area contributed by atoms with Crippen LogP contribution in [0.5, 0.6) is 0 Å². The van der Waals surface area contributed by atoms with Gasteiger partial charge in [-0.2, -0.15) is 0 Å². The number of hydrogen-bond acceptors (Lipinski definition) is 5. The number of carbonyl (C=O) groups is 2. The summed E-state index contributed by atoms with van der Waals surface area (Å²) in [5.41, 5.74) is 2.36. The van der Waals surface area contributed by atoms with E-state index in [1.54, 1.807) is 17.8 Å². The maximum absolute atomic E-state index is 11.4. The van der Waals surface area contributed by atoms with Gasteiger partial charge in [0, 0.05) is 17.6 Å². The number of nitrogens with one attached hydrogen (secondary N) is 3. The number of hydrogen-bond donors (Lipinski definition) is 3. The molecule has 2 aromatic rings. The van der Waals surface area contributed by atoms with Gasteiger partial charge in [0.2, 0.25) is 5.91 Å². The molecule has 0 aliphatic carbocycles. The zero-order valence-corrected chi connectivity index (χ0v) is 16.0. The highest BCUT2D eigenvalue weighted by Gasteiger charge is 2.10. The van der Waals surface area contributed by atoms with E-state index in [0.29, 0.717) is 11.4 Å². The average Bonchev–Trinajstić information content (AvgIpc) is 2.62.